The molecular weight excluding hydrogens is 444 g/mol. The van der Waals surface area contributed by atoms with Crippen molar-refractivity contribution in [1.29, 1.82) is 0 Å². The molecule has 0 aliphatic carbocycles. The number of furan rings is 1. The lowest BCUT2D eigenvalue weighted by atomic mass is 9.91. The van der Waals surface area contributed by atoms with E-state index in [1.165, 1.54) is 5.56 Å². The monoisotopic (exact) mass is 476 g/mol. The van der Waals surface area contributed by atoms with E-state index < -0.39 is 5.60 Å². The number of likely N-dealkylation sites (N-methyl/N-ethyl adjacent to an activating group) is 1. The average molecular weight is 477 g/mol. The van der Waals surface area contributed by atoms with Gasteiger partial charge in [-0.3, -0.25) is 9.59 Å². The number of hydrogen-bond acceptors (Lipinski definition) is 5. The summed E-state index contributed by atoms with van der Waals surface area (Å²) in [5.74, 6) is 0.923. The number of amides is 2. The summed E-state index contributed by atoms with van der Waals surface area (Å²) in [6, 6.07) is 15.7. The van der Waals surface area contributed by atoms with Crippen LogP contribution >= 0.6 is 0 Å². The number of fused-ring (bicyclic) bond motifs is 2. The molecule has 1 fully saturated rings. The van der Waals surface area contributed by atoms with Gasteiger partial charge in [0.05, 0.1) is 19.7 Å². The zero-order chi connectivity index (χ0) is 24.4. The van der Waals surface area contributed by atoms with Gasteiger partial charge in [-0.15, -0.1) is 0 Å². The average Bonchev–Trinajstić information content (AvgIpc) is 3.22. The zero-order valence-corrected chi connectivity index (χ0v) is 20.4. The van der Waals surface area contributed by atoms with E-state index in [0.717, 1.165) is 36.0 Å². The molecule has 7 nitrogen and oxygen atoms in total. The van der Waals surface area contributed by atoms with Crippen LogP contribution in [0.25, 0.3) is 11.0 Å². The largest absolute Gasteiger partial charge is 0.491 e. The van der Waals surface area contributed by atoms with Crippen molar-refractivity contribution in [1.82, 2.24) is 9.80 Å². The minimum atomic E-state index is -1.07. The van der Waals surface area contributed by atoms with Gasteiger partial charge < -0.3 is 23.7 Å². The third-order valence-corrected chi connectivity index (χ3v) is 7.18. The summed E-state index contributed by atoms with van der Waals surface area (Å²) in [5.41, 5.74) is 1.63. The molecule has 2 aromatic carbocycles. The second kappa shape index (κ2) is 9.74. The van der Waals surface area contributed by atoms with Gasteiger partial charge in [0.2, 0.25) is 0 Å². The van der Waals surface area contributed by atoms with Crippen LogP contribution in [0.1, 0.15) is 40.9 Å². The molecule has 1 saturated heterocycles. The third-order valence-electron chi connectivity index (χ3n) is 7.18. The first kappa shape index (κ1) is 23.4. The van der Waals surface area contributed by atoms with Gasteiger partial charge in [0.15, 0.2) is 11.4 Å². The van der Waals surface area contributed by atoms with E-state index in [1.807, 2.05) is 49.4 Å². The second-order valence-corrected chi connectivity index (χ2v) is 9.51. The quantitative estimate of drug-likeness (QED) is 0.526. The van der Waals surface area contributed by atoms with Crippen LogP contribution in [0.4, 0.5) is 0 Å². The summed E-state index contributed by atoms with van der Waals surface area (Å²) in [6.45, 7) is 3.69. The molecule has 3 heterocycles. The summed E-state index contributed by atoms with van der Waals surface area (Å²) in [6.07, 6.45) is 3.14. The molecule has 2 aliphatic rings. The number of rotatable bonds is 1. The summed E-state index contributed by atoms with van der Waals surface area (Å²) < 4.78 is 18.2. The normalized spacial score (nSPS) is 21.8. The highest BCUT2D eigenvalue weighted by Gasteiger charge is 2.46. The van der Waals surface area contributed by atoms with Crippen molar-refractivity contribution >= 4 is 22.8 Å². The van der Waals surface area contributed by atoms with Crippen LogP contribution in [0.2, 0.25) is 0 Å². The molecule has 1 spiro atoms. The molecule has 1 aromatic heterocycles. The topological polar surface area (TPSA) is 72.2 Å². The molecule has 0 radical (unpaired) electrons. The Hall–Kier alpha value is -3.32. The molecule has 3 aromatic rings. The molecule has 2 amide bonds. The van der Waals surface area contributed by atoms with E-state index >= 15 is 0 Å². The molecule has 0 saturated carbocycles. The van der Waals surface area contributed by atoms with Gasteiger partial charge in [0.1, 0.15) is 17.9 Å². The molecule has 2 aliphatic heterocycles. The molecular formula is C28H32N2O5. The number of para-hydroxylation sites is 2. The Morgan fingerprint density at radius 3 is 2.66 bits per heavy atom. The summed E-state index contributed by atoms with van der Waals surface area (Å²) >= 11 is 0. The fourth-order valence-electron chi connectivity index (χ4n) is 5.19. The molecule has 1 unspecified atom stereocenters. The highest BCUT2D eigenvalue weighted by Crippen LogP contribution is 2.31. The number of aryl methyl sites for hydroxylation is 2. The van der Waals surface area contributed by atoms with Gasteiger partial charge >= 0.3 is 0 Å². The van der Waals surface area contributed by atoms with Gasteiger partial charge in [0, 0.05) is 24.5 Å². The number of morpholine rings is 1. The first-order valence-corrected chi connectivity index (χ1v) is 12.4. The van der Waals surface area contributed by atoms with Gasteiger partial charge in [0.25, 0.3) is 11.8 Å². The van der Waals surface area contributed by atoms with Crippen molar-refractivity contribution in [3.63, 3.8) is 0 Å². The van der Waals surface area contributed by atoms with Crippen LogP contribution in [-0.2, 0) is 16.0 Å². The number of hydrogen-bond donors (Lipinski definition) is 0. The standard InChI is InChI=1S/C28H32N2O5/c1-20-22-11-4-6-13-24(22)35-25(20)26(31)30-16-18-34-28(19-30)14-8-7-10-21-9-3-5-12-23(21)33-17-15-29(2)27(28)32/h3-6,9,11-13H,7-8,10,14-19H2,1-2H3. The molecule has 5 rings (SSSR count). The maximum absolute atomic E-state index is 13.7. The number of carbonyl (C=O) groups excluding carboxylic acids is 2. The van der Waals surface area contributed by atoms with Crippen molar-refractivity contribution in [3.8, 4) is 5.75 Å². The van der Waals surface area contributed by atoms with E-state index in [-0.39, 0.29) is 18.4 Å². The van der Waals surface area contributed by atoms with E-state index in [9.17, 15) is 9.59 Å². The van der Waals surface area contributed by atoms with E-state index in [4.69, 9.17) is 13.9 Å². The number of ether oxygens (including phenoxy) is 2. The lowest BCUT2D eigenvalue weighted by Gasteiger charge is -2.43. The highest BCUT2D eigenvalue weighted by atomic mass is 16.5. The molecule has 7 heteroatoms. The van der Waals surface area contributed by atoms with E-state index in [0.29, 0.717) is 44.1 Å². The third kappa shape index (κ3) is 4.52. The second-order valence-electron chi connectivity index (χ2n) is 9.51. The highest BCUT2D eigenvalue weighted by molar-refractivity contribution is 5.99. The van der Waals surface area contributed by atoms with Crippen molar-refractivity contribution in [3.05, 3.63) is 65.4 Å². The van der Waals surface area contributed by atoms with Crippen LogP contribution in [0, 0.1) is 6.92 Å². The number of carbonyl (C=O) groups is 2. The Morgan fingerprint density at radius 2 is 1.80 bits per heavy atom. The maximum Gasteiger partial charge on any atom is 0.290 e. The predicted molar refractivity (Wildman–Crippen MR) is 133 cm³/mol. The van der Waals surface area contributed by atoms with Crippen molar-refractivity contribution in [2.24, 2.45) is 0 Å². The maximum atomic E-state index is 13.7. The summed E-state index contributed by atoms with van der Waals surface area (Å²) in [7, 11) is 1.78. The van der Waals surface area contributed by atoms with Gasteiger partial charge in [-0.1, -0.05) is 36.4 Å². The molecule has 35 heavy (non-hydrogen) atoms. The van der Waals surface area contributed by atoms with Crippen molar-refractivity contribution < 1.29 is 23.5 Å². The predicted octanol–water partition coefficient (Wildman–Crippen LogP) is 4.22. The lowest BCUT2D eigenvalue weighted by Crippen LogP contribution is -2.61. The van der Waals surface area contributed by atoms with Crippen LogP contribution in [-0.4, -0.2) is 67.1 Å². The van der Waals surface area contributed by atoms with Gasteiger partial charge in [-0.25, -0.2) is 0 Å². The minimum absolute atomic E-state index is 0.103. The SMILES string of the molecule is Cc1c(C(=O)N2CCOC3(CCCCc4ccccc4OCCN(C)C3=O)C2)oc2ccccc12. The molecule has 1 atom stereocenters. The first-order valence-electron chi connectivity index (χ1n) is 12.4. The minimum Gasteiger partial charge on any atom is -0.491 e. The lowest BCUT2D eigenvalue weighted by molar-refractivity contribution is -0.169. The molecule has 0 bridgehead atoms. The fraction of sp³-hybridized carbons (Fsp3) is 0.429. The van der Waals surface area contributed by atoms with Crippen molar-refractivity contribution in [2.45, 2.75) is 38.2 Å². The van der Waals surface area contributed by atoms with Crippen LogP contribution < -0.4 is 4.74 Å². The van der Waals surface area contributed by atoms with E-state index in [1.54, 1.807) is 16.8 Å². The number of benzene rings is 2. The van der Waals surface area contributed by atoms with Crippen molar-refractivity contribution in [2.75, 3.05) is 39.9 Å². The Kier molecular flexibility index (Phi) is 6.52. The fourth-order valence-corrected chi connectivity index (χ4v) is 5.19. The van der Waals surface area contributed by atoms with Crippen LogP contribution in [0.15, 0.2) is 52.9 Å². The summed E-state index contributed by atoms with van der Waals surface area (Å²) in [5, 5.41) is 0.931. The van der Waals surface area contributed by atoms with Crippen LogP contribution in [0.5, 0.6) is 5.75 Å². The smallest absolute Gasteiger partial charge is 0.290 e. The zero-order valence-electron chi connectivity index (χ0n) is 20.4. The Labute approximate surface area is 205 Å². The Bertz CT molecular complexity index is 1240. The summed E-state index contributed by atoms with van der Waals surface area (Å²) in [4.78, 5) is 30.6. The molecule has 0 N–H and O–H groups in total. The first-order chi connectivity index (χ1) is 17.0. The van der Waals surface area contributed by atoms with Crippen LogP contribution in [0.3, 0.4) is 0 Å². The van der Waals surface area contributed by atoms with Gasteiger partial charge in [-0.2, -0.15) is 0 Å². The number of nitrogens with zero attached hydrogens (tertiary/aromatic N) is 2. The van der Waals surface area contributed by atoms with Gasteiger partial charge in [-0.05, 0) is 50.3 Å². The molecule has 184 valence electrons. The Morgan fingerprint density at radius 1 is 1.00 bits per heavy atom. The Balaban J connectivity index is 1.38. The van der Waals surface area contributed by atoms with E-state index in [2.05, 4.69) is 6.07 Å².